The summed E-state index contributed by atoms with van der Waals surface area (Å²) in [6.07, 6.45) is 3.07. The van der Waals surface area contributed by atoms with Gasteiger partial charge < -0.3 is 20.5 Å². The molecule has 0 saturated carbocycles. The summed E-state index contributed by atoms with van der Waals surface area (Å²) < 4.78 is 5.58. The summed E-state index contributed by atoms with van der Waals surface area (Å²) in [5.74, 6) is -1.64. The number of nitrogens with one attached hydrogen (secondary N) is 2. The number of fused-ring (bicyclic) bond motifs is 3. The number of carboxylic acids is 1. The van der Waals surface area contributed by atoms with Crippen molar-refractivity contribution in [1.82, 2.24) is 10.6 Å². The standard InChI is InChI=1S/C28H36N2O5/c1-3-5-11-20(16-26(31)32)30-27(33)19(10-4-2)17-29-28(34)35-18-25-23-14-8-6-12-21(23)22-13-7-9-15-24(22)25/h6-9,12-15,19-20,25H,3-5,10-11,16-18H2,1-2H3,(H,29,34)(H,30,33)(H,31,32)/t19?,20-/m1/s1. The normalized spacial score (nSPS) is 13.9. The van der Waals surface area contributed by atoms with Crippen LogP contribution in [0.25, 0.3) is 11.1 Å². The number of carbonyl (C=O) groups excluding carboxylic acids is 2. The van der Waals surface area contributed by atoms with Crippen molar-refractivity contribution in [3.8, 4) is 11.1 Å². The van der Waals surface area contributed by atoms with Crippen molar-refractivity contribution in [2.24, 2.45) is 5.92 Å². The van der Waals surface area contributed by atoms with E-state index in [2.05, 4.69) is 34.9 Å². The molecule has 2 amide bonds. The van der Waals surface area contributed by atoms with E-state index < -0.39 is 24.0 Å². The lowest BCUT2D eigenvalue weighted by Gasteiger charge is -2.22. The number of unbranched alkanes of at least 4 members (excludes halogenated alkanes) is 1. The third-order valence-corrected chi connectivity index (χ3v) is 6.52. The van der Waals surface area contributed by atoms with Crippen LogP contribution >= 0.6 is 0 Å². The molecule has 0 bridgehead atoms. The van der Waals surface area contributed by atoms with Crippen LogP contribution in [0.4, 0.5) is 4.79 Å². The third kappa shape index (κ3) is 7.07. The Labute approximate surface area is 207 Å². The molecule has 3 N–H and O–H groups in total. The van der Waals surface area contributed by atoms with Gasteiger partial charge in [0.15, 0.2) is 0 Å². The molecule has 0 aliphatic heterocycles. The fraction of sp³-hybridized carbons (Fsp3) is 0.464. The molecule has 0 aromatic heterocycles. The number of benzene rings is 2. The van der Waals surface area contributed by atoms with Gasteiger partial charge in [0.2, 0.25) is 5.91 Å². The Morgan fingerprint density at radius 1 is 0.943 bits per heavy atom. The Morgan fingerprint density at radius 3 is 2.14 bits per heavy atom. The minimum absolute atomic E-state index is 0.0294. The second-order valence-corrected chi connectivity index (χ2v) is 9.14. The Morgan fingerprint density at radius 2 is 1.57 bits per heavy atom. The Balaban J connectivity index is 1.55. The molecule has 0 fully saturated rings. The summed E-state index contributed by atoms with van der Waals surface area (Å²) in [6, 6.07) is 15.9. The van der Waals surface area contributed by atoms with Crippen LogP contribution in [0.1, 0.15) is 69.4 Å². The number of alkyl carbamates (subject to hydrolysis) is 1. The average Bonchev–Trinajstić information content (AvgIpc) is 3.17. The first-order valence-corrected chi connectivity index (χ1v) is 12.6. The number of aliphatic carboxylic acids is 1. The van der Waals surface area contributed by atoms with Gasteiger partial charge in [-0.15, -0.1) is 0 Å². The van der Waals surface area contributed by atoms with Crippen LogP contribution < -0.4 is 10.6 Å². The molecule has 1 unspecified atom stereocenters. The summed E-state index contributed by atoms with van der Waals surface area (Å²) >= 11 is 0. The maximum absolute atomic E-state index is 12.8. The van der Waals surface area contributed by atoms with Crippen LogP contribution in [0.3, 0.4) is 0 Å². The summed E-state index contributed by atoms with van der Waals surface area (Å²) in [5.41, 5.74) is 4.61. The lowest BCUT2D eigenvalue weighted by atomic mass is 9.98. The monoisotopic (exact) mass is 480 g/mol. The molecule has 1 aliphatic carbocycles. The van der Waals surface area contributed by atoms with E-state index in [9.17, 15) is 14.4 Å². The highest BCUT2D eigenvalue weighted by Gasteiger charge is 2.29. The predicted molar refractivity (Wildman–Crippen MR) is 135 cm³/mol. The summed E-state index contributed by atoms with van der Waals surface area (Å²) in [6.45, 7) is 4.35. The molecule has 7 nitrogen and oxygen atoms in total. The first-order valence-electron chi connectivity index (χ1n) is 12.6. The lowest BCUT2D eigenvalue weighted by Crippen LogP contribution is -2.44. The number of carbonyl (C=O) groups is 3. The summed E-state index contributed by atoms with van der Waals surface area (Å²) in [7, 11) is 0. The SMILES string of the molecule is CCCC[C@H](CC(=O)O)NC(=O)C(CCC)CNC(=O)OCC1c2ccccc2-c2ccccc21. The second-order valence-electron chi connectivity index (χ2n) is 9.14. The van der Waals surface area contributed by atoms with Crippen LogP contribution in [0, 0.1) is 5.92 Å². The highest BCUT2D eigenvalue weighted by atomic mass is 16.5. The predicted octanol–water partition coefficient (Wildman–Crippen LogP) is 5.09. The van der Waals surface area contributed by atoms with Gasteiger partial charge in [-0.1, -0.05) is 81.6 Å². The molecule has 7 heteroatoms. The van der Waals surface area contributed by atoms with Crippen LogP contribution in [-0.4, -0.2) is 42.3 Å². The van der Waals surface area contributed by atoms with Gasteiger partial charge in [0.1, 0.15) is 6.61 Å². The molecule has 3 rings (SSSR count). The van der Waals surface area contributed by atoms with E-state index in [0.29, 0.717) is 12.8 Å². The lowest BCUT2D eigenvalue weighted by molar-refractivity contribution is -0.137. The summed E-state index contributed by atoms with van der Waals surface area (Å²) in [4.78, 5) is 36.5. The van der Waals surface area contributed by atoms with Gasteiger partial charge in [-0.05, 0) is 35.1 Å². The Hall–Kier alpha value is -3.35. The van der Waals surface area contributed by atoms with Crippen LogP contribution in [0.5, 0.6) is 0 Å². The molecule has 2 aromatic rings. The molecule has 0 radical (unpaired) electrons. The van der Waals surface area contributed by atoms with Gasteiger partial charge in [0, 0.05) is 18.5 Å². The van der Waals surface area contributed by atoms with Gasteiger partial charge in [-0.2, -0.15) is 0 Å². The molecule has 2 atom stereocenters. The van der Waals surface area contributed by atoms with E-state index in [0.717, 1.165) is 41.5 Å². The zero-order valence-electron chi connectivity index (χ0n) is 20.6. The number of carboxylic acid groups (broad SMARTS) is 1. The number of hydrogen-bond acceptors (Lipinski definition) is 4. The zero-order valence-corrected chi connectivity index (χ0v) is 20.6. The molecule has 0 saturated heterocycles. The van der Waals surface area contributed by atoms with Gasteiger partial charge in [0.25, 0.3) is 0 Å². The van der Waals surface area contributed by atoms with E-state index in [-0.39, 0.29) is 31.4 Å². The van der Waals surface area contributed by atoms with E-state index in [4.69, 9.17) is 9.84 Å². The van der Waals surface area contributed by atoms with Crippen LogP contribution in [0.15, 0.2) is 48.5 Å². The van der Waals surface area contributed by atoms with E-state index in [1.165, 1.54) is 0 Å². The first-order chi connectivity index (χ1) is 16.9. The van der Waals surface area contributed by atoms with Gasteiger partial charge in [0.05, 0.1) is 12.3 Å². The topological polar surface area (TPSA) is 105 Å². The van der Waals surface area contributed by atoms with Gasteiger partial charge in [-0.25, -0.2) is 4.79 Å². The molecule has 35 heavy (non-hydrogen) atoms. The maximum atomic E-state index is 12.8. The largest absolute Gasteiger partial charge is 0.481 e. The van der Waals surface area contributed by atoms with E-state index >= 15 is 0 Å². The Bertz CT molecular complexity index is 976. The number of rotatable bonds is 13. The molecule has 0 heterocycles. The summed E-state index contributed by atoms with van der Waals surface area (Å²) in [5, 5.41) is 14.8. The quantitative estimate of drug-likeness (QED) is 0.370. The van der Waals surface area contributed by atoms with E-state index in [1.807, 2.05) is 38.1 Å². The van der Waals surface area contributed by atoms with Crippen molar-refractivity contribution in [2.45, 2.75) is 64.3 Å². The fourth-order valence-corrected chi connectivity index (χ4v) is 4.74. The van der Waals surface area contributed by atoms with Crippen molar-refractivity contribution in [3.63, 3.8) is 0 Å². The smallest absolute Gasteiger partial charge is 0.407 e. The van der Waals surface area contributed by atoms with E-state index in [1.54, 1.807) is 0 Å². The zero-order chi connectivity index (χ0) is 25.2. The first kappa shape index (κ1) is 26.3. The van der Waals surface area contributed by atoms with Crippen molar-refractivity contribution in [2.75, 3.05) is 13.2 Å². The fourth-order valence-electron chi connectivity index (χ4n) is 4.74. The number of ether oxygens (including phenoxy) is 1. The highest BCUT2D eigenvalue weighted by Crippen LogP contribution is 2.44. The van der Waals surface area contributed by atoms with Crippen LogP contribution in [-0.2, 0) is 14.3 Å². The van der Waals surface area contributed by atoms with Gasteiger partial charge in [-0.3, -0.25) is 9.59 Å². The Kier molecular flexibility index (Phi) is 9.70. The maximum Gasteiger partial charge on any atom is 0.407 e. The van der Waals surface area contributed by atoms with Crippen molar-refractivity contribution < 1.29 is 24.2 Å². The number of hydrogen-bond donors (Lipinski definition) is 3. The number of amides is 2. The highest BCUT2D eigenvalue weighted by molar-refractivity contribution is 5.81. The minimum Gasteiger partial charge on any atom is -0.481 e. The molecular formula is C28H36N2O5. The van der Waals surface area contributed by atoms with Crippen molar-refractivity contribution in [3.05, 3.63) is 59.7 Å². The van der Waals surface area contributed by atoms with Gasteiger partial charge >= 0.3 is 12.1 Å². The average molecular weight is 481 g/mol. The second kappa shape index (κ2) is 12.9. The van der Waals surface area contributed by atoms with Crippen LogP contribution in [0.2, 0.25) is 0 Å². The third-order valence-electron chi connectivity index (χ3n) is 6.52. The molecule has 2 aromatic carbocycles. The molecule has 0 spiro atoms. The van der Waals surface area contributed by atoms with Crippen molar-refractivity contribution >= 4 is 18.0 Å². The molecule has 188 valence electrons. The molecule has 1 aliphatic rings. The molecular weight excluding hydrogens is 444 g/mol. The van der Waals surface area contributed by atoms with Crippen molar-refractivity contribution in [1.29, 1.82) is 0 Å². The minimum atomic E-state index is -0.935.